The number of nitrogens with zero attached hydrogens (tertiary/aromatic N) is 5. The van der Waals surface area contributed by atoms with Gasteiger partial charge in [-0.1, -0.05) is 12.1 Å². The molecular weight excluding hydrogens is 410 g/mol. The lowest BCUT2D eigenvalue weighted by atomic mass is 10.2. The van der Waals surface area contributed by atoms with Crippen LogP contribution >= 0.6 is 11.3 Å². The third-order valence-electron chi connectivity index (χ3n) is 6.15. The highest BCUT2D eigenvalue weighted by molar-refractivity contribution is 7.18. The summed E-state index contributed by atoms with van der Waals surface area (Å²) in [7, 11) is 0. The minimum absolute atomic E-state index is 0.0633. The number of benzene rings is 1. The van der Waals surface area contributed by atoms with Crippen LogP contribution in [0.2, 0.25) is 0 Å². The molecule has 0 spiro atoms. The number of fused-ring (bicyclic) bond motifs is 1. The first-order chi connectivity index (χ1) is 15.2. The molecule has 31 heavy (non-hydrogen) atoms. The van der Waals surface area contributed by atoms with Gasteiger partial charge in [-0.05, 0) is 31.2 Å². The quantitative estimate of drug-likeness (QED) is 0.625. The smallest absolute Gasteiger partial charge is 0.255 e. The first-order valence-electron chi connectivity index (χ1n) is 10.9. The maximum atomic E-state index is 13.0. The van der Waals surface area contributed by atoms with Crippen LogP contribution in [0.3, 0.4) is 0 Å². The van der Waals surface area contributed by atoms with Crippen LogP contribution in [0.4, 0.5) is 5.82 Å². The van der Waals surface area contributed by atoms with Crippen molar-refractivity contribution in [3.8, 4) is 0 Å². The molecule has 2 aliphatic heterocycles. The molecule has 1 atom stereocenters. The molecule has 0 aliphatic carbocycles. The number of hydrogen-bond acceptors (Lipinski definition) is 7. The van der Waals surface area contributed by atoms with Crippen molar-refractivity contribution in [2.75, 3.05) is 57.4 Å². The van der Waals surface area contributed by atoms with E-state index in [1.807, 2.05) is 23.1 Å². The average Bonchev–Trinajstić information content (AvgIpc) is 3.28. The zero-order chi connectivity index (χ0) is 21.2. The van der Waals surface area contributed by atoms with Gasteiger partial charge < -0.3 is 14.5 Å². The second kappa shape index (κ2) is 8.90. The topological polar surface area (TPSA) is 61.8 Å². The zero-order valence-electron chi connectivity index (χ0n) is 17.7. The number of piperazine rings is 1. The van der Waals surface area contributed by atoms with Crippen LogP contribution in [0.25, 0.3) is 10.2 Å². The fourth-order valence-corrected chi connectivity index (χ4v) is 5.27. The van der Waals surface area contributed by atoms with Gasteiger partial charge >= 0.3 is 0 Å². The standard InChI is InChI=1S/C23H27N5O2S/c1-17(22-25-19-4-2-3-5-20(19)31-22)26-8-10-28(11-9-26)23(29)18-6-7-21(24-16-18)27-12-14-30-15-13-27/h2-7,16-17H,8-15H2,1H3/t17-/m1/s1. The molecule has 2 fully saturated rings. The van der Waals surface area contributed by atoms with Crippen molar-refractivity contribution in [1.29, 1.82) is 0 Å². The fourth-order valence-electron chi connectivity index (χ4n) is 4.21. The molecule has 5 rings (SSSR count). The molecule has 2 saturated heterocycles. The van der Waals surface area contributed by atoms with Crippen molar-refractivity contribution >= 4 is 33.3 Å². The summed E-state index contributed by atoms with van der Waals surface area (Å²) < 4.78 is 6.62. The van der Waals surface area contributed by atoms with E-state index in [-0.39, 0.29) is 11.9 Å². The Labute approximate surface area is 186 Å². The lowest BCUT2D eigenvalue weighted by Crippen LogP contribution is -2.49. The van der Waals surface area contributed by atoms with Crippen molar-refractivity contribution < 1.29 is 9.53 Å². The normalized spacial score (nSPS) is 19.0. The van der Waals surface area contributed by atoms with Gasteiger partial charge in [0.05, 0.1) is 35.0 Å². The highest BCUT2D eigenvalue weighted by atomic mass is 32.1. The first kappa shape index (κ1) is 20.4. The number of amides is 1. The van der Waals surface area contributed by atoms with Gasteiger partial charge in [0.1, 0.15) is 10.8 Å². The Kier molecular flexibility index (Phi) is 5.85. The van der Waals surface area contributed by atoms with Crippen LogP contribution in [-0.4, -0.2) is 78.2 Å². The number of carbonyl (C=O) groups excluding carboxylic acids is 1. The molecule has 8 heteroatoms. The number of pyridine rings is 1. The largest absolute Gasteiger partial charge is 0.378 e. The van der Waals surface area contributed by atoms with Gasteiger partial charge in [-0.2, -0.15) is 0 Å². The molecule has 0 N–H and O–H groups in total. The summed E-state index contributed by atoms with van der Waals surface area (Å²) in [6.45, 7) is 8.49. The zero-order valence-corrected chi connectivity index (χ0v) is 18.6. The van der Waals surface area contributed by atoms with Crippen molar-refractivity contribution in [2.24, 2.45) is 0 Å². The van der Waals surface area contributed by atoms with E-state index in [4.69, 9.17) is 9.72 Å². The predicted molar refractivity (Wildman–Crippen MR) is 123 cm³/mol. The monoisotopic (exact) mass is 437 g/mol. The Hall–Kier alpha value is -2.55. The molecule has 0 unspecified atom stereocenters. The van der Waals surface area contributed by atoms with E-state index in [9.17, 15) is 4.79 Å². The molecular formula is C23H27N5O2S. The maximum Gasteiger partial charge on any atom is 0.255 e. The molecule has 3 aromatic rings. The van der Waals surface area contributed by atoms with Crippen LogP contribution in [0.5, 0.6) is 0 Å². The molecule has 7 nitrogen and oxygen atoms in total. The second-order valence-electron chi connectivity index (χ2n) is 8.03. The summed E-state index contributed by atoms with van der Waals surface area (Å²) in [6, 6.07) is 12.4. The van der Waals surface area contributed by atoms with Gasteiger partial charge in [0.15, 0.2) is 0 Å². The van der Waals surface area contributed by atoms with E-state index in [1.54, 1.807) is 17.5 Å². The van der Waals surface area contributed by atoms with Crippen molar-refractivity contribution in [3.63, 3.8) is 0 Å². The lowest BCUT2D eigenvalue weighted by Gasteiger charge is -2.37. The van der Waals surface area contributed by atoms with Gasteiger partial charge in [0.25, 0.3) is 5.91 Å². The number of thiazole rings is 1. The summed E-state index contributed by atoms with van der Waals surface area (Å²) in [5.41, 5.74) is 1.72. The van der Waals surface area contributed by atoms with Crippen LogP contribution < -0.4 is 4.90 Å². The van der Waals surface area contributed by atoms with Gasteiger partial charge in [0.2, 0.25) is 0 Å². The molecule has 4 heterocycles. The third-order valence-corrected chi connectivity index (χ3v) is 7.35. The van der Waals surface area contributed by atoms with Crippen molar-refractivity contribution in [1.82, 2.24) is 19.8 Å². The van der Waals surface area contributed by atoms with Gasteiger partial charge in [-0.25, -0.2) is 9.97 Å². The highest BCUT2D eigenvalue weighted by Crippen LogP contribution is 2.30. The van der Waals surface area contributed by atoms with Crippen LogP contribution in [0, 0.1) is 0 Å². The highest BCUT2D eigenvalue weighted by Gasteiger charge is 2.27. The molecule has 162 valence electrons. The molecule has 1 amide bonds. The number of morpholine rings is 1. The minimum Gasteiger partial charge on any atom is -0.378 e. The number of hydrogen-bond donors (Lipinski definition) is 0. The number of ether oxygens (including phenoxy) is 1. The van der Waals surface area contributed by atoms with Crippen LogP contribution in [0.15, 0.2) is 42.6 Å². The second-order valence-corrected chi connectivity index (χ2v) is 9.09. The Balaban J connectivity index is 1.19. The van der Waals surface area contributed by atoms with Gasteiger partial charge in [-0.15, -0.1) is 11.3 Å². The SMILES string of the molecule is C[C@H](c1nc2ccccc2s1)N1CCN(C(=O)c2ccc(N3CCOCC3)nc2)CC1. The Morgan fingerprint density at radius 2 is 1.81 bits per heavy atom. The van der Waals surface area contributed by atoms with E-state index >= 15 is 0 Å². The van der Waals surface area contributed by atoms with Crippen molar-refractivity contribution in [3.05, 3.63) is 53.2 Å². The summed E-state index contributed by atoms with van der Waals surface area (Å²) in [5.74, 6) is 0.975. The number of carbonyl (C=O) groups is 1. The first-order valence-corrected chi connectivity index (χ1v) is 11.7. The maximum absolute atomic E-state index is 13.0. The van der Waals surface area contributed by atoms with E-state index in [2.05, 4.69) is 39.9 Å². The number of anilines is 1. The predicted octanol–water partition coefficient (Wildman–Crippen LogP) is 3.05. The Bertz CT molecular complexity index is 1010. The number of para-hydroxylation sites is 1. The summed E-state index contributed by atoms with van der Waals surface area (Å²) in [4.78, 5) is 28.9. The number of aromatic nitrogens is 2. The lowest BCUT2D eigenvalue weighted by molar-refractivity contribution is 0.0581. The van der Waals surface area contributed by atoms with E-state index in [0.717, 1.165) is 68.8 Å². The molecule has 1 aromatic carbocycles. The molecule has 2 aliphatic rings. The minimum atomic E-state index is 0.0633. The molecule has 0 bridgehead atoms. The molecule has 0 saturated carbocycles. The molecule has 2 aromatic heterocycles. The third kappa shape index (κ3) is 4.28. The van der Waals surface area contributed by atoms with E-state index in [0.29, 0.717) is 5.56 Å². The average molecular weight is 438 g/mol. The van der Waals surface area contributed by atoms with Crippen LogP contribution in [-0.2, 0) is 4.74 Å². The number of rotatable bonds is 4. The molecule has 0 radical (unpaired) electrons. The Morgan fingerprint density at radius 3 is 2.52 bits per heavy atom. The van der Waals surface area contributed by atoms with E-state index < -0.39 is 0 Å². The summed E-state index contributed by atoms with van der Waals surface area (Å²) in [6.07, 6.45) is 1.71. The van der Waals surface area contributed by atoms with E-state index in [1.165, 1.54) is 4.70 Å². The van der Waals surface area contributed by atoms with Gasteiger partial charge in [-0.3, -0.25) is 9.69 Å². The van der Waals surface area contributed by atoms with Crippen LogP contribution in [0.1, 0.15) is 28.3 Å². The van der Waals surface area contributed by atoms with Gasteiger partial charge in [0, 0.05) is 45.5 Å². The Morgan fingerprint density at radius 1 is 1.03 bits per heavy atom. The van der Waals surface area contributed by atoms with Crippen molar-refractivity contribution in [2.45, 2.75) is 13.0 Å². The fraction of sp³-hybridized carbons (Fsp3) is 0.435. The summed E-state index contributed by atoms with van der Waals surface area (Å²) in [5, 5.41) is 1.14. The summed E-state index contributed by atoms with van der Waals surface area (Å²) >= 11 is 1.76.